The normalized spacial score (nSPS) is 21.8. The van der Waals surface area contributed by atoms with Crippen LogP contribution in [-0.2, 0) is 0 Å². The summed E-state index contributed by atoms with van der Waals surface area (Å²) >= 11 is 3.34. The molecule has 5 nitrogen and oxygen atoms in total. The lowest BCUT2D eigenvalue weighted by atomic mass is 9.91. The van der Waals surface area contributed by atoms with Gasteiger partial charge in [0.2, 0.25) is 5.95 Å². The van der Waals surface area contributed by atoms with E-state index in [1.54, 1.807) is 12.4 Å². The highest BCUT2D eigenvalue weighted by atomic mass is 79.9. The summed E-state index contributed by atoms with van der Waals surface area (Å²) in [6.07, 6.45) is 9.84. The average Bonchev–Trinajstić information content (AvgIpc) is 2.53. The highest BCUT2D eigenvalue weighted by Gasteiger charge is 2.21. The summed E-state index contributed by atoms with van der Waals surface area (Å²) in [6.45, 7) is 0. The first-order valence-corrected chi connectivity index (χ1v) is 8.00. The Kier molecular flexibility index (Phi) is 4.65. The summed E-state index contributed by atoms with van der Waals surface area (Å²) < 4.78 is 0.899. The van der Waals surface area contributed by atoms with Crippen LogP contribution in [0.1, 0.15) is 25.7 Å². The van der Waals surface area contributed by atoms with E-state index in [0.717, 1.165) is 36.0 Å². The molecular weight excluding hydrogens is 330 g/mol. The van der Waals surface area contributed by atoms with Crippen molar-refractivity contribution in [3.8, 4) is 0 Å². The molecule has 0 bridgehead atoms. The van der Waals surface area contributed by atoms with E-state index in [9.17, 15) is 0 Å². The van der Waals surface area contributed by atoms with Crippen molar-refractivity contribution in [2.45, 2.75) is 37.8 Å². The van der Waals surface area contributed by atoms with Gasteiger partial charge in [-0.3, -0.25) is 0 Å². The van der Waals surface area contributed by atoms with Gasteiger partial charge in [0.15, 0.2) is 0 Å². The standard InChI is InChI=1S/C15H18BrN5/c16-11-9-18-15(19-10-11)21-13-6-4-12(5-7-13)20-14-3-1-2-8-17-14/h1-3,8-10,12-13H,4-7H2,(H,17,20)(H,18,19,21). The van der Waals surface area contributed by atoms with Crippen LogP contribution in [0.3, 0.4) is 0 Å². The second-order valence-corrected chi connectivity index (χ2v) is 6.19. The molecule has 1 saturated carbocycles. The summed E-state index contributed by atoms with van der Waals surface area (Å²) in [7, 11) is 0. The van der Waals surface area contributed by atoms with E-state index in [1.807, 2.05) is 24.4 Å². The molecule has 0 aromatic carbocycles. The lowest BCUT2D eigenvalue weighted by Gasteiger charge is -2.29. The zero-order valence-electron chi connectivity index (χ0n) is 11.7. The Morgan fingerprint density at radius 2 is 1.57 bits per heavy atom. The minimum Gasteiger partial charge on any atom is -0.367 e. The maximum absolute atomic E-state index is 4.32. The molecule has 0 spiro atoms. The predicted molar refractivity (Wildman–Crippen MR) is 87.3 cm³/mol. The number of halogens is 1. The minimum absolute atomic E-state index is 0.452. The Bertz CT molecular complexity index is 552. The van der Waals surface area contributed by atoms with E-state index < -0.39 is 0 Å². The fourth-order valence-corrected chi connectivity index (χ4v) is 2.81. The number of nitrogens with zero attached hydrogens (tertiary/aromatic N) is 3. The van der Waals surface area contributed by atoms with E-state index in [2.05, 4.69) is 41.5 Å². The maximum Gasteiger partial charge on any atom is 0.222 e. The average molecular weight is 348 g/mol. The van der Waals surface area contributed by atoms with Crippen molar-refractivity contribution in [1.82, 2.24) is 15.0 Å². The van der Waals surface area contributed by atoms with Crippen LogP contribution >= 0.6 is 15.9 Å². The molecular formula is C15H18BrN5. The number of hydrogen-bond acceptors (Lipinski definition) is 5. The van der Waals surface area contributed by atoms with Crippen LogP contribution < -0.4 is 10.6 Å². The van der Waals surface area contributed by atoms with Gasteiger partial charge in [0, 0.05) is 30.7 Å². The molecule has 1 aliphatic rings. The van der Waals surface area contributed by atoms with Gasteiger partial charge >= 0.3 is 0 Å². The first-order valence-electron chi connectivity index (χ1n) is 7.21. The van der Waals surface area contributed by atoms with Crippen molar-refractivity contribution >= 4 is 27.7 Å². The molecule has 2 aromatic heterocycles. The third-order valence-corrected chi connectivity index (χ3v) is 4.11. The maximum atomic E-state index is 4.32. The summed E-state index contributed by atoms with van der Waals surface area (Å²) in [5.74, 6) is 1.67. The molecule has 2 heterocycles. The molecule has 21 heavy (non-hydrogen) atoms. The van der Waals surface area contributed by atoms with Crippen molar-refractivity contribution in [3.05, 3.63) is 41.3 Å². The lowest BCUT2D eigenvalue weighted by Crippen LogP contribution is -2.33. The van der Waals surface area contributed by atoms with E-state index in [-0.39, 0.29) is 0 Å². The number of hydrogen-bond donors (Lipinski definition) is 2. The van der Waals surface area contributed by atoms with Gasteiger partial charge in [0.05, 0.1) is 4.47 Å². The molecule has 2 aromatic rings. The molecule has 0 atom stereocenters. The van der Waals surface area contributed by atoms with Crippen molar-refractivity contribution in [2.75, 3.05) is 10.6 Å². The van der Waals surface area contributed by atoms with Gasteiger partial charge in [0.25, 0.3) is 0 Å². The molecule has 0 radical (unpaired) electrons. The third-order valence-electron chi connectivity index (χ3n) is 3.70. The largest absolute Gasteiger partial charge is 0.367 e. The summed E-state index contributed by atoms with van der Waals surface area (Å²) in [4.78, 5) is 12.8. The Morgan fingerprint density at radius 1 is 0.905 bits per heavy atom. The van der Waals surface area contributed by atoms with Gasteiger partial charge in [-0.2, -0.15) is 0 Å². The number of pyridine rings is 1. The zero-order valence-corrected chi connectivity index (χ0v) is 13.3. The first-order chi connectivity index (χ1) is 10.3. The molecule has 1 aliphatic carbocycles. The molecule has 0 unspecified atom stereocenters. The second kappa shape index (κ2) is 6.85. The molecule has 6 heteroatoms. The molecule has 2 N–H and O–H groups in total. The summed E-state index contributed by atoms with van der Waals surface area (Å²) in [5, 5.41) is 6.90. The van der Waals surface area contributed by atoms with Gasteiger partial charge in [-0.1, -0.05) is 6.07 Å². The zero-order chi connectivity index (χ0) is 14.5. The second-order valence-electron chi connectivity index (χ2n) is 5.28. The molecule has 0 amide bonds. The van der Waals surface area contributed by atoms with Crippen molar-refractivity contribution < 1.29 is 0 Å². The number of anilines is 2. The van der Waals surface area contributed by atoms with Gasteiger partial charge in [-0.05, 0) is 53.7 Å². The minimum atomic E-state index is 0.452. The Hall–Kier alpha value is -1.69. The summed E-state index contributed by atoms with van der Waals surface area (Å²) in [6, 6.07) is 6.91. The highest BCUT2D eigenvalue weighted by molar-refractivity contribution is 9.10. The molecule has 3 rings (SSSR count). The monoisotopic (exact) mass is 347 g/mol. The number of nitrogens with one attached hydrogen (secondary N) is 2. The van der Waals surface area contributed by atoms with Crippen LogP contribution in [0.25, 0.3) is 0 Å². The molecule has 1 fully saturated rings. The quantitative estimate of drug-likeness (QED) is 0.886. The van der Waals surface area contributed by atoms with Crippen LogP contribution in [0.15, 0.2) is 41.3 Å². The topological polar surface area (TPSA) is 62.7 Å². The van der Waals surface area contributed by atoms with Crippen LogP contribution in [0.4, 0.5) is 11.8 Å². The van der Waals surface area contributed by atoms with E-state index >= 15 is 0 Å². The van der Waals surface area contributed by atoms with E-state index in [0.29, 0.717) is 18.0 Å². The number of aromatic nitrogens is 3. The Labute approximate surface area is 132 Å². The number of rotatable bonds is 4. The Morgan fingerprint density at radius 3 is 2.19 bits per heavy atom. The van der Waals surface area contributed by atoms with Crippen molar-refractivity contribution in [3.63, 3.8) is 0 Å². The smallest absolute Gasteiger partial charge is 0.222 e. The van der Waals surface area contributed by atoms with Gasteiger partial charge in [0.1, 0.15) is 5.82 Å². The highest BCUT2D eigenvalue weighted by Crippen LogP contribution is 2.23. The molecule has 0 saturated heterocycles. The van der Waals surface area contributed by atoms with Crippen molar-refractivity contribution in [2.24, 2.45) is 0 Å². The van der Waals surface area contributed by atoms with Crippen LogP contribution in [-0.4, -0.2) is 27.0 Å². The third kappa shape index (κ3) is 4.14. The van der Waals surface area contributed by atoms with Crippen molar-refractivity contribution in [1.29, 1.82) is 0 Å². The van der Waals surface area contributed by atoms with Gasteiger partial charge in [-0.25, -0.2) is 15.0 Å². The van der Waals surface area contributed by atoms with E-state index in [4.69, 9.17) is 0 Å². The SMILES string of the molecule is Brc1cnc(NC2CCC(Nc3ccccn3)CC2)nc1. The van der Waals surface area contributed by atoms with Gasteiger partial charge < -0.3 is 10.6 Å². The fraction of sp³-hybridized carbons (Fsp3) is 0.400. The molecule has 0 aliphatic heterocycles. The predicted octanol–water partition coefficient (Wildman–Crippen LogP) is 3.47. The molecule has 110 valence electrons. The van der Waals surface area contributed by atoms with Crippen LogP contribution in [0.2, 0.25) is 0 Å². The van der Waals surface area contributed by atoms with Gasteiger partial charge in [-0.15, -0.1) is 0 Å². The summed E-state index contributed by atoms with van der Waals surface area (Å²) in [5.41, 5.74) is 0. The lowest BCUT2D eigenvalue weighted by molar-refractivity contribution is 0.427. The first kappa shape index (κ1) is 14.3. The Balaban J connectivity index is 1.47. The van der Waals surface area contributed by atoms with E-state index in [1.165, 1.54) is 0 Å². The fourth-order valence-electron chi connectivity index (χ4n) is 2.61. The van der Waals surface area contributed by atoms with Crippen LogP contribution in [0.5, 0.6) is 0 Å². The van der Waals surface area contributed by atoms with Crippen LogP contribution in [0, 0.1) is 0 Å².